The summed E-state index contributed by atoms with van der Waals surface area (Å²) < 4.78 is 0. The Balaban J connectivity index is 0.000000312. The van der Waals surface area contributed by atoms with E-state index in [1.54, 1.807) is 0 Å². The van der Waals surface area contributed by atoms with E-state index in [0.29, 0.717) is 0 Å². The van der Waals surface area contributed by atoms with E-state index in [9.17, 15) is 0 Å². The van der Waals surface area contributed by atoms with Gasteiger partial charge in [-0.2, -0.15) is 0 Å². The fourth-order valence-electron chi connectivity index (χ4n) is 14.4. The van der Waals surface area contributed by atoms with Crippen LogP contribution in [0.25, 0.3) is 163 Å². The maximum Gasteiger partial charge on any atom is 0.0780 e. The van der Waals surface area contributed by atoms with E-state index in [0.717, 1.165) is 11.3 Å². The van der Waals surface area contributed by atoms with Crippen LogP contribution >= 0.6 is 0 Å². The number of rotatable bonds is 8. The molecule has 0 saturated carbocycles. The second-order valence-electron chi connectivity index (χ2n) is 21.7. The van der Waals surface area contributed by atoms with Crippen molar-refractivity contribution in [2.24, 2.45) is 0 Å². The predicted octanol–water partition coefficient (Wildman–Crippen LogP) is 11.7. The molecule has 1 aliphatic carbocycles. The Morgan fingerprint density at radius 1 is 0.346 bits per heavy atom. The summed E-state index contributed by atoms with van der Waals surface area (Å²) >= 11 is 0. The van der Waals surface area contributed by atoms with Crippen LogP contribution in [0.2, 0.25) is 0 Å². The third kappa shape index (κ3) is 6.68. The van der Waals surface area contributed by atoms with E-state index in [1.165, 1.54) is 165 Å². The van der Waals surface area contributed by atoms with Gasteiger partial charge in [-0.05, 0) is 177 Å². The maximum absolute atomic E-state index is 5.73. The fraction of sp³-hybridized carbons (Fsp3) is 0.0161. The number of aryl methyl sites for hydroxylation is 1. The molecule has 0 amide bonds. The molecule has 1 heterocycles. The minimum Gasteiger partial charge on any atom is -0.256 e. The molecule has 1 aromatic heterocycles. The Bertz CT molecular complexity index is 4930. The van der Waals surface area contributed by atoms with Crippen LogP contribution in [0.15, 0.2) is 182 Å². The van der Waals surface area contributed by atoms with Gasteiger partial charge in [-0.15, -0.1) is 0 Å². The van der Waals surface area contributed by atoms with Gasteiger partial charge in [-0.3, -0.25) is 4.98 Å². The zero-order valence-corrected chi connectivity index (χ0v) is 42.9. The highest BCUT2D eigenvalue weighted by Crippen LogP contribution is 2.58. The summed E-state index contributed by atoms with van der Waals surface area (Å²) in [4.78, 5) is 4.91. The first-order chi connectivity index (χ1) is 38.0. The standard InChI is InChI=1S/C62H33N.B15/c1-32-10-2-5-13-36(32)52-51-30-34-12-4-6-14-37(34)53-40-16-8-9-17-41(40)58(61(51)53)60-49-27-25-46-44-22-23-47-50-31-35(62-38-15-7-3-11-33(38)28-29-63-62)18-19-39(50)42-20-21-43(55(44)54(42)47)45-24-26-48(59(52)60)57(49)56(45)46;1-9-13(8)15(12(6)7)14(10(2)3)11(4)5/h2-31H,1H3;. The first-order valence-corrected chi connectivity index (χ1v) is 26.8. The Morgan fingerprint density at radius 2 is 0.821 bits per heavy atom. The molecule has 17 radical (unpaired) electrons. The molecular weight excluding hydrogens is 921 g/mol. The third-order valence-electron chi connectivity index (χ3n) is 17.6. The number of pyridine rings is 1. The normalized spacial score (nSPS) is 12.1. The predicted molar refractivity (Wildman–Crippen MR) is 357 cm³/mol. The number of benzene rings is 12. The van der Waals surface area contributed by atoms with E-state index in [-0.39, 0.29) is 0 Å². The van der Waals surface area contributed by atoms with Gasteiger partial charge in [0.25, 0.3) is 0 Å². The Kier molecular flexibility index (Phi) is 11.0. The van der Waals surface area contributed by atoms with Crippen molar-refractivity contribution in [2.75, 3.05) is 0 Å². The second-order valence-corrected chi connectivity index (χ2v) is 21.7. The summed E-state index contributed by atoms with van der Waals surface area (Å²) in [5, 5.41) is 29.4. The molecule has 16 rings (SSSR count). The molecule has 331 valence electrons. The molecule has 1 nitrogen and oxygen atoms in total. The van der Waals surface area contributed by atoms with Gasteiger partial charge in [0, 0.05) is 124 Å². The summed E-state index contributed by atoms with van der Waals surface area (Å²) in [6.45, 7) is 2.28. The molecule has 0 N–H and O–H groups in total. The number of hydrogen-bond acceptors (Lipinski definition) is 1. The second kappa shape index (κ2) is 17.9. The van der Waals surface area contributed by atoms with Crippen molar-refractivity contribution >= 4 is 226 Å². The highest BCUT2D eigenvalue weighted by molar-refractivity contribution is 8.12. The van der Waals surface area contributed by atoms with E-state index in [4.69, 9.17) is 66.9 Å². The Labute approximate surface area is 467 Å². The van der Waals surface area contributed by atoms with Gasteiger partial charge in [-0.1, -0.05) is 158 Å². The van der Waals surface area contributed by atoms with Gasteiger partial charge >= 0.3 is 0 Å². The molecule has 14 aromatic carbocycles. The minimum atomic E-state index is -0.754. The van der Waals surface area contributed by atoms with Gasteiger partial charge in [0.1, 0.15) is 0 Å². The average Bonchev–Trinajstić information content (AvgIpc) is 2.14. The van der Waals surface area contributed by atoms with Crippen molar-refractivity contribution in [3.8, 4) is 44.6 Å². The van der Waals surface area contributed by atoms with E-state index in [2.05, 4.69) is 183 Å². The van der Waals surface area contributed by atoms with Crippen LogP contribution < -0.4 is 0 Å². The van der Waals surface area contributed by atoms with Crippen molar-refractivity contribution in [1.82, 2.24) is 4.98 Å². The summed E-state index contributed by atoms with van der Waals surface area (Å²) in [5.74, 6) is 0. The lowest BCUT2D eigenvalue weighted by atomic mass is 8.46. The highest BCUT2D eigenvalue weighted by Gasteiger charge is 2.37. The highest BCUT2D eigenvalue weighted by atomic mass is 14.7. The lowest BCUT2D eigenvalue weighted by Crippen LogP contribution is -2.73. The molecule has 0 spiro atoms. The largest absolute Gasteiger partial charge is 0.256 e. The number of hydrogen-bond donors (Lipinski definition) is 0. The smallest absolute Gasteiger partial charge is 0.0780 e. The summed E-state index contributed by atoms with van der Waals surface area (Å²) in [7, 11) is 45.8. The SMILES string of the molecule is Cc1ccccc1-c1c2cc3ccccc3c3c4ccccc4c(c4c5ccc6c7ccc8c9c(ccc(c%10ccc(c14)c5c%106)c97)-c1ccc(-c4nccc5ccccc45)cc1-8)c23.[B][B]B([B])B(B([B])[B])B(B([B])[B])B([B])[B]. The zero-order chi connectivity index (χ0) is 53.0. The minimum absolute atomic E-state index is 0.463. The van der Waals surface area contributed by atoms with Crippen LogP contribution in [0, 0.1) is 6.92 Å². The van der Waals surface area contributed by atoms with Crippen LogP contribution in [0.1, 0.15) is 5.56 Å². The Hall–Kier alpha value is -7.16. The monoisotopic (exact) mass is 956 g/mol. The van der Waals surface area contributed by atoms with Crippen LogP contribution in [0.4, 0.5) is 0 Å². The van der Waals surface area contributed by atoms with Crippen molar-refractivity contribution in [3.05, 3.63) is 188 Å². The van der Waals surface area contributed by atoms with Crippen LogP contribution in [-0.4, -0.2) is 112 Å². The van der Waals surface area contributed by atoms with Gasteiger partial charge in [0.2, 0.25) is 0 Å². The Morgan fingerprint density at radius 3 is 1.49 bits per heavy atom. The number of nitrogens with zero attached hydrogens (tertiary/aromatic N) is 1. The quantitative estimate of drug-likeness (QED) is 0.0840. The van der Waals surface area contributed by atoms with E-state index >= 15 is 0 Å². The molecule has 15 aromatic rings. The van der Waals surface area contributed by atoms with Crippen LogP contribution in [-0.2, 0) is 0 Å². The summed E-state index contributed by atoms with van der Waals surface area (Å²) in [6, 6.07) is 66.8. The lowest BCUT2D eigenvalue weighted by Gasteiger charge is -2.35. The summed E-state index contributed by atoms with van der Waals surface area (Å²) in [6.07, 6.45) is -1.83. The average molecular weight is 954 g/mol. The van der Waals surface area contributed by atoms with Gasteiger partial charge < -0.3 is 0 Å². The van der Waals surface area contributed by atoms with E-state index in [1.807, 2.05) is 6.20 Å². The molecule has 0 fully saturated rings. The van der Waals surface area contributed by atoms with Gasteiger partial charge in [-0.25, -0.2) is 0 Å². The summed E-state index contributed by atoms with van der Waals surface area (Å²) in [5.41, 5.74) is 11.4. The molecule has 0 bridgehead atoms. The van der Waals surface area contributed by atoms with Crippen molar-refractivity contribution in [2.45, 2.75) is 6.92 Å². The number of aromatic nitrogens is 1. The van der Waals surface area contributed by atoms with Crippen LogP contribution in [0.5, 0.6) is 0 Å². The van der Waals surface area contributed by atoms with Crippen molar-refractivity contribution < 1.29 is 0 Å². The first kappa shape index (κ1) is 48.0. The number of fused-ring (bicyclic) bond motifs is 15. The molecule has 0 aliphatic heterocycles. The molecule has 78 heavy (non-hydrogen) atoms. The maximum atomic E-state index is 5.73. The van der Waals surface area contributed by atoms with Gasteiger partial charge in [0.15, 0.2) is 0 Å². The van der Waals surface area contributed by atoms with Crippen molar-refractivity contribution in [1.29, 1.82) is 0 Å². The lowest BCUT2D eigenvalue weighted by molar-refractivity contribution is 1.36. The molecule has 0 atom stereocenters. The van der Waals surface area contributed by atoms with E-state index < -0.39 is 38.3 Å². The third-order valence-corrected chi connectivity index (χ3v) is 17.6. The molecule has 16 heteroatoms. The zero-order valence-electron chi connectivity index (χ0n) is 42.9. The molecule has 1 aliphatic rings. The van der Waals surface area contributed by atoms with Gasteiger partial charge in [0.05, 0.1) is 5.69 Å². The molecule has 0 unspecified atom stereocenters. The fourth-order valence-corrected chi connectivity index (χ4v) is 14.4. The topological polar surface area (TPSA) is 12.9 Å². The van der Waals surface area contributed by atoms with Crippen molar-refractivity contribution in [3.63, 3.8) is 0 Å². The molecular formula is C62H33B15N. The van der Waals surface area contributed by atoms with Crippen LogP contribution in [0.3, 0.4) is 0 Å². The first-order valence-electron chi connectivity index (χ1n) is 26.8. The molecule has 0 saturated heterocycles.